The third-order valence-corrected chi connectivity index (χ3v) is 2.69. The van der Waals surface area contributed by atoms with E-state index in [1.54, 1.807) is 13.8 Å². The van der Waals surface area contributed by atoms with Gasteiger partial charge >= 0.3 is 12.1 Å². The van der Waals surface area contributed by atoms with Gasteiger partial charge in [0.2, 0.25) is 0 Å². The zero-order valence-corrected chi connectivity index (χ0v) is 10.5. The predicted molar refractivity (Wildman–Crippen MR) is 60.9 cm³/mol. The standard InChI is InChI=1S/C13H15F3O2/c1-12(2,11(17)18-3)8-9-6-4-5-7-10(9)13(14,15)16/h4-7H,8H2,1-3H3. The van der Waals surface area contributed by atoms with E-state index in [0.29, 0.717) is 0 Å². The zero-order chi connectivity index (χ0) is 14.0. The molecule has 0 fully saturated rings. The first-order valence-electron chi connectivity index (χ1n) is 5.42. The topological polar surface area (TPSA) is 26.3 Å². The van der Waals surface area contributed by atoms with Gasteiger partial charge in [-0.05, 0) is 31.9 Å². The molecule has 5 heteroatoms. The van der Waals surface area contributed by atoms with E-state index in [1.807, 2.05) is 0 Å². The Labute approximate surface area is 104 Å². The highest BCUT2D eigenvalue weighted by Crippen LogP contribution is 2.35. The molecule has 0 saturated carbocycles. The molecule has 18 heavy (non-hydrogen) atoms. The molecule has 1 aromatic carbocycles. The summed E-state index contributed by atoms with van der Waals surface area (Å²) in [5.41, 5.74) is -1.60. The Morgan fingerprint density at radius 2 is 1.78 bits per heavy atom. The lowest BCUT2D eigenvalue weighted by Gasteiger charge is -2.23. The minimum Gasteiger partial charge on any atom is -0.469 e. The number of halogens is 3. The summed E-state index contributed by atoms with van der Waals surface area (Å²) >= 11 is 0. The maximum atomic E-state index is 12.8. The summed E-state index contributed by atoms with van der Waals surface area (Å²) < 4.78 is 43.0. The molecule has 0 bridgehead atoms. The van der Waals surface area contributed by atoms with Crippen LogP contribution in [-0.4, -0.2) is 13.1 Å². The first-order valence-corrected chi connectivity index (χ1v) is 5.42. The maximum absolute atomic E-state index is 12.8. The van der Waals surface area contributed by atoms with Crippen LogP contribution in [0.2, 0.25) is 0 Å². The molecule has 100 valence electrons. The molecule has 0 aliphatic carbocycles. The molecular formula is C13H15F3O2. The monoisotopic (exact) mass is 260 g/mol. The first kappa shape index (κ1) is 14.5. The van der Waals surface area contributed by atoms with E-state index in [-0.39, 0.29) is 12.0 Å². The Hall–Kier alpha value is -1.52. The molecule has 0 aromatic heterocycles. The van der Waals surface area contributed by atoms with Gasteiger partial charge in [-0.1, -0.05) is 18.2 Å². The van der Waals surface area contributed by atoms with Gasteiger partial charge in [0.15, 0.2) is 0 Å². The van der Waals surface area contributed by atoms with Crippen molar-refractivity contribution >= 4 is 5.97 Å². The first-order chi connectivity index (χ1) is 8.18. The van der Waals surface area contributed by atoms with Crippen LogP contribution < -0.4 is 0 Å². The van der Waals surface area contributed by atoms with E-state index in [4.69, 9.17) is 0 Å². The van der Waals surface area contributed by atoms with Gasteiger partial charge in [-0.15, -0.1) is 0 Å². The number of carbonyl (C=O) groups excluding carboxylic acids is 1. The number of carbonyl (C=O) groups is 1. The van der Waals surface area contributed by atoms with Crippen molar-refractivity contribution in [2.24, 2.45) is 5.41 Å². The molecular weight excluding hydrogens is 245 g/mol. The van der Waals surface area contributed by atoms with Crippen molar-refractivity contribution in [2.45, 2.75) is 26.4 Å². The second kappa shape index (κ2) is 5.00. The van der Waals surface area contributed by atoms with Crippen LogP contribution in [0.4, 0.5) is 13.2 Å². The molecule has 0 aliphatic heterocycles. The number of hydrogen-bond donors (Lipinski definition) is 0. The molecule has 0 heterocycles. The number of alkyl halides is 3. The van der Waals surface area contributed by atoms with Crippen molar-refractivity contribution in [3.63, 3.8) is 0 Å². The van der Waals surface area contributed by atoms with Crippen LogP contribution in [0.3, 0.4) is 0 Å². The number of benzene rings is 1. The SMILES string of the molecule is COC(=O)C(C)(C)Cc1ccccc1C(F)(F)F. The van der Waals surface area contributed by atoms with Gasteiger partial charge in [-0.2, -0.15) is 13.2 Å². The van der Waals surface area contributed by atoms with E-state index < -0.39 is 23.1 Å². The van der Waals surface area contributed by atoms with Crippen LogP contribution in [-0.2, 0) is 22.1 Å². The molecule has 0 atom stereocenters. The quantitative estimate of drug-likeness (QED) is 0.778. The van der Waals surface area contributed by atoms with E-state index in [1.165, 1.54) is 25.3 Å². The average molecular weight is 260 g/mol. The summed E-state index contributed by atoms with van der Waals surface area (Å²) in [5, 5.41) is 0. The molecule has 1 aromatic rings. The van der Waals surface area contributed by atoms with Gasteiger partial charge < -0.3 is 4.74 Å². The maximum Gasteiger partial charge on any atom is 0.416 e. The summed E-state index contributed by atoms with van der Waals surface area (Å²) in [5.74, 6) is -0.528. The van der Waals surface area contributed by atoms with Crippen molar-refractivity contribution in [1.82, 2.24) is 0 Å². The molecule has 1 rings (SSSR count). The molecule has 0 unspecified atom stereocenters. The van der Waals surface area contributed by atoms with E-state index in [0.717, 1.165) is 6.07 Å². The van der Waals surface area contributed by atoms with Crippen LogP contribution in [0.5, 0.6) is 0 Å². The van der Waals surface area contributed by atoms with Gasteiger partial charge in [0.1, 0.15) is 0 Å². The third kappa shape index (κ3) is 3.24. The van der Waals surface area contributed by atoms with Crippen LogP contribution >= 0.6 is 0 Å². The van der Waals surface area contributed by atoms with Crippen molar-refractivity contribution < 1.29 is 22.7 Å². The lowest BCUT2D eigenvalue weighted by molar-refractivity contribution is -0.151. The van der Waals surface area contributed by atoms with E-state index in [2.05, 4.69) is 4.74 Å². The third-order valence-electron chi connectivity index (χ3n) is 2.69. The Morgan fingerprint density at radius 3 is 2.28 bits per heavy atom. The van der Waals surface area contributed by atoms with Gasteiger partial charge in [0, 0.05) is 0 Å². The Balaban J connectivity index is 3.09. The predicted octanol–water partition coefficient (Wildman–Crippen LogP) is 3.45. The summed E-state index contributed by atoms with van der Waals surface area (Å²) in [7, 11) is 1.22. The van der Waals surface area contributed by atoms with Crippen LogP contribution in [0.1, 0.15) is 25.0 Å². The van der Waals surface area contributed by atoms with Gasteiger partial charge in [0.25, 0.3) is 0 Å². The Kier molecular flexibility index (Phi) is 4.04. The number of rotatable bonds is 3. The van der Waals surface area contributed by atoms with Crippen LogP contribution in [0, 0.1) is 5.41 Å². The second-order valence-electron chi connectivity index (χ2n) is 4.71. The van der Waals surface area contributed by atoms with Crippen molar-refractivity contribution in [2.75, 3.05) is 7.11 Å². The largest absolute Gasteiger partial charge is 0.469 e. The molecule has 0 spiro atoms. The summed E-state index contributed by atoms with van der Waals surface area (Å²) in [4.78, 5) is 11.5. The molecule has 0 radical (unpaired) electrons. The van der Waals surface area contributed by atoms with Crippen molar-refractivity contribution in [3.8, 4) is 0 Å². The van der Waals surface area contributed by atoms with Crippen LogP contribution in [0.15, 0.2) is 24.3 Å². The van der Waals surface area contributed by atoms with E-state index >= 15 is 0 Å². The summed E-state index contributed by atoms with van der Waals surface area (Å²) in [6.45, 7) is 3.12. The Morgan fingerprint density at radius 1 is 1.22 bits per heavy atom. The fraction of sp³-hybridized carbons (Fsp3) is 0.462. The summed E-state index contributed by atoms with van der Waals surface area (Å²) in [6, 6.07) is 5.26. The highest BCUT2D eigenvalue weighted by atomic mass is 19.4. The van der Waals surface area contributed by atoms with Gasteiger partial charge in [0.05, 0.1) is 18.1 Å². The molecule has 0 N–H and O–H groups in total. The smallest absolute Gasteiger partial charge is 0.416 e. The molecule has 0 amide bonds. The van der Waals surface area contributed by atoms with E-state index in [9.17, 15) is 18.0 Å². The van der Waals surface area contributed by atoms with Crippen molar-refractivity contribution in [1.29, 1.82) is 0 Å². The van der Waals surface area contributed by atoms with Crippen molar-refractivity contribution in [3.05, 3.63) is 35.4 Å². The molecule has 0 saturated heterocycles. The normalized spacial score (nSPS) is 12.3. The van der Waals surface area contributed by atoms with Gasteiger partial charge in [-0.3, -0.25) is 4.79 Å². The minimum absolute atomic E-state index is 0.0185. The zero-order valence-electron chi connectivity index (χ0n) is 10.5. The minimum atomic E-state index is -4.41. The summed E-state index contributed by atoms with van der Waals surface area (Å²) in [6.07, 6.45) is -4.43. The van der Waals surface area contributed by atoms with Crippen LogP contribution in [0.25, 0.3) is 0 Å². The van der Waals surface area contributed by atoms with Gasteiger partial charge in [-0.25, -0.2) is 0 Å². The lowest BCUT2D eigenvalue weighted by atomic mass is 9.84. The fourth-order valence-corrected chi connectivity index (χ4v) is 1.78. The number of hydrogen-bond acceptors (Lipinski definition) is 2. The average Bonchev–Trinajstić information content (AvgIpc) is 2.26. The highest BCUT2D eigenvalue weighted by molar-refractivity contribution is 5.76. The molecule has 2 nitrogen and oxygen atoms in total. The number of ether oxygens (including phenoxy) is 1. The second-order valence-corrected chi connectivity index (χ2v) is 4.71. The fourth-order valence-electron chi connectivity index (χ4n) is 1.78. The highest BCUT2D eigenvalue weighted by Gasteiger charge is 2.36. The Bertz CT molecular complexity index is 436. The molecule has 0 aliphatic rings. The lowest BCUT2D eigenvalue weighted by Crippen LogP contribution is -2.29. The number of methoxy groups -OCH3 is 1. The number of esters is 1.